The van der Waals surface area contributed by atoms with Gasteiger partial charge in [-0.15, -0.1) is 0 Å². The minimum atomic E-state index is -0.772. The Labute approximate surface area is 121 Å². The maximum absolute atomic E-state index is 11.9. The van der Waals surface area contributed by atoms with Crippen LogP contribution in [0.2, 0.25) is 0 Å². The zero-order valence-electron chi connectivity index (χ0n) is 11.5. The minimum absolute atomic E-state index is 0.0532. The van der Waals surface area contributed by atoms with Crippen LogP contribution in [-0.4, -0.2) is 44.9 Å². The van der Waals surface area contributed by atoms with Gasteiger partial charge >= 0.3 is 12.0 Å². The summed E-state index contributed by atoms with van der Waals surface area (Å²) in [6.45, 7) is 0. The van der Waals surface area contributed by atoms with Gasteiger partial charge < -0.3 is 15.7 Å². The van der Waals surface area contributed by atoms with E-state index in [1.54, 1.807) is 0 Å². The van der Waals surface area contributed by atoms with Crippen molar-refractivity contribution < 1.29 is 18.9 Å². The van der Waals surface area contributed by atoms with Crippen LogP contribution in [0.5, 0.6) is 0 Å². The molecule has 6 nitrogen and oxygen atoms in total. The molecule has 1 aliphatic heterocycles. The zero-order valence-corrected chi connectivity index (χ0v) is 12.3. The Bertz CT molecular complexity index is 392. The molecule has 0 spiro atoms. The first-order chi connectivity index (χ1) is 9.54. The molecule has 0 bridgehead atoms. The molecule has 2 amide bonds. The molecule has 2 atom stereocenters. The molecule has 0 aromatic heterocycles. The van der Waals surface area contributed by atoms with Crippen LogP contribution >= 0.6 is 0 Å². The average Bonchev–Trinajstić information content (AvgIpc) is 2.41. The number of aliphatic carboxylic acids is 1. The highest BCUT2D eigenvalue weighted by atomic mass is 32.2. The molecule has 2 unspecified atom stereocenters. The third-order valence-electron chi connectivity index (χ3n) is 4.08. The highest BCUT2D eigenvalue weighted by Gasteiger charge is 2.28. The predicted molar refractivity (Wildman–Crippen MR) is 75.9 cm³/mol. The van der Waals surface area contributed by atoms with E-state index in [4.69, 9.17) is 5.11 Å². The summed E-state index contributed by atoms with van der Waals surface area (Å²) >= 11 is 0. The number of carboxylic acid groups (broad SMARTS) is 1. The van der Waals surface area contributed by atoms with Crippen LogP contribution in [0.3, 0.4) is 0 Å². The van der Waals surface area contributed by atoms with Crippen molar-refractivity contribution in [1.29, 1.82) is 0 Å². The highest BCUT2D eigenvalue weighted by Crippen LogP contribution is 2.24. The average molecular weight is 302 g/mol. The van der Waals surface area contributed by atoms with Crippen LogP contribution in [0.1, 0.15) is 38.5 Å². The number of rotatable bonds is 3. The molecular formula is C13H22N2O4S. The number of hydrogen-bond acceptors (Lipinski definition) is 3. The van der Waals surface area contributed by atoms with Crippen molar-refractivity contribution in [3.8, 4) is 0 Å². The van der Waals surface area contributed by atoms with Crippen molar-refractivity contribution in [1.82, 2.24) is 10.6 Å². The van der Waals surface area contributed by atoms with Gasteiger partial charge in [-0.05, 0) is 32.1 Å². The Morgan fingerprint density at radius 1 is 1.00 bits per heavy atom. The number of carboxylic acids is 1. The maximum Gasteiger partial charge on any atom is 0.315 e. The number of nitrogens with one attached hydrogen (secondary N) is 2. The third kappa shape index (κ3) is 4.47. The summed E-state index contributed by atoms with van der Waals surface area (Å²) in [5.41, 5.74) is 0. The highest BCUT2D eigenvalue weighted by molar-refractivity contribution is 7.85. The van der Waals surface area contributed by atoms with E-state index in [0.717, 1.165) is 25.7 Å². The summed E-state index contributed by atoms with van der Waals surface area (Å²) < 4.78 is 11.2. The minimum Gasteiger partial charge on any atom is -0.481 e. The van der Waals surface area contributed by atoms with E-state index in [9.17, 15) is 13.8 Å². The van der Waals surface area contributed by atoms with Crippen molar-refractivity contribution in [3.63, 3.8) is 0 Å². The Kier molecular flexibility index (Phi) is 5.39. The topological polar surface area (TPSA) is 95.5 Å². The maximum atomic E-state index is 11.9. The van der Waals surface area contributed by atoms with Gasteiger partial charge in [-0.2, -0.15) is 0 Å². The van der Waals surface area contributed by atoms with E-state index in [-0.39, 0.29) is 24.0 Å². The second kappa shape index (κ2) is 7.06. The first-order valence-corrected chi connectivity index (χ1v) is 8.68. The van der Waals surface area contributed by atoms with Gasteiger partial charge in [-0.1, -0.05) is 6.42 Å². The van der Waals surface area contributed by atoms with Gasteiger partial charge in [0.1, 0.15) is 0 Å². The molecule has 3 N–H and O–H groups in total. The Hall–Kier alpha value is -1.11. The molecule has 1 saturated heterocycles. The van der Waals surface area contributed by atoms with E-state index < -0.39 is 16.8 Å². The standard InChI is InChI=1S/C13H22N2O4S/c16-12(17)9-2-1-3-11(8-9)15-13(18)14-10-4-6-20(19)7-5-10/h9-11H,1-8H2,(H,16,17)(H2,14,15,18). The molecule has 0 aromatic rings. The largest absolute Gasteiger partial charge is 0.481 e. The summed E-state index contributed by atoms with van der Waals surface area (Å²) in [7, 11) is -0.729. The molecule has 1 aliphatic carbocycles. The van der Waals surface area contributed by atoms with E-state index in [0.29, 0.717) is 24.3 Å². The van der Waals surface area contributed by atoms with Crippen LogP contribution in [0.25, 0.3) is 0 Å². The SMILES string of the molecule is O=C(NC1CCS(=O)CC1)NC1CCCC(C(=O)O)C1. The normalized spacial score (nSPS) is 34.2. The quantitative estimate of drug-likeness (QED) is 0.720. The van der Waals surface area contributed by atoms with E-state index >= 15 is 0 Å². The molecule has 2 fully saturated rings. The van der Waals surface area contributed by atoms with Gasteiger partial charge in [0.15, 0.2) is 0 Å². The molecule has 114 valence electrons. The Morgan fingerprint density at radius 2 is 1.65 bits per heavy atom. The Balaban J connectivity index is 1.73. The van der Waals surface area contributed by atoms with E-state index in [1.165, 1.54) is 0 Å². The van der Waals surface area contributed by atoms with Crippen molar-refractivity contribution >= 4 is 22.8 Å². The fourth-order valence-corrected chi connectivity index (χ4v) is 4.19. The van der Waals surface area contributed by atoms with E-state index in [1.807, 2.05) is 0 Å². The molecule has 2 aliphatic rings. The van der Waals surface area contributed by atoms with Crippen LogP contribution in [-0.2, 0) is 15.6 Å². The first-order valence-electron chi connectivity index (χ1n) is 7.19. The van der Waals surface area contributed by atoms with E-state index in [2.05, 4.69) is 10.6 Å². The second-order valence-electron chi connectivity index (χ2n) is 5.64. The van der Waals surface area contributed by atoms with Crippen LogP contribution in [0, 0.1) is 5.92 Å². The molecule has 0 aromatic carbocycles. The summed E-state index contributed by atoms with van der Waals surface area (Å²) in [6.07, 6.45) is 4.39. The third-order valence-corrected chi connectivity index (χ3v) is 5.46. The number of amides is 2. The summed E-state index contributed by atoms with van der Waals surface area (Å²) in [5, 5.41) is 14.8. The molecule has 1 heterocycles. The number of carbonyl (C=O) groups is 2. The first kappa shape index (κ1) is 15.3. The lowest BCUT2D eigenvalue weighted by Gasteiger charge is -2.29. The molecule has 2 rings (SSSR count). The molecular weight excluding hydrogens is 280 g/mol. The number of urea groups is 1. The van der Waals surface area contributed by atoms with Gasteiger partial charge in [-0.25, -0.2) is 4.79 Å². The lowest BCUT2D eigenvalue weighted by Crippen LogP contribution is -2.49. The van der Waals surface area contributed by atoms with Crippen molar-refractivity contribution in [2.75, 3.05) is 11.5 Å². The number of carbonyl (C=O) groups excluding carboxylic acids is 1. The Morgan fingerprint density at radius 3 is 2.30 bits per heavy atom. The smallest absolute Gasteiger partial charge is 0.315 e. The van der Waals surface area contributed by atoms with Crippen molar-refractivity contribution in [3.05, 3.63) is 0 Å². The van der Waals surface area contributed by atoms with Crippen molar-refractivity contribution in [2.24, 2.45) is 5.92 Å². The summed E-state index contributed by atoms with van der Waals surface area (Å²) in [4.78, 5) is 22.9. The molecule has 1 saturated carbocycles. The van der Waals surface area contributed by atoms with Crippen LogP contribution in [0.4, 0.5) is 4.79 Å². The summed E-state index contributed by atoms with van der Waals surface area (Å²) in [6, 6.07) is -0.187. The summed E-state index contributed by atoms with van der Waals surface area (Å²) in [5.74, 6) is 0.183. The second-order valence-corrected chi connectivity index (χ2v) is 7.33. The fraction of sp³-hybridized carbons (Fsp3) is 0.846. The molecule has 0 radical (unpaired) electrons. The fourth-order valence-electron chi connectivity index (χ4n) is 2.90. The van der Waals surface area contributed by atoms with Gasteiger partial charge in [-0.3, -0.25) is 9.00 Å². The van der Waals surface area contributed by atoms with Crippen LogP contribution in [0.15, 0.2) is 0 Å². The molecule has 7 heteroatoms. The zero-order chi connectivity index (χ0) is 14.5. The number of hydrogen-bond donors (Lipinski definition) is 3. The lowest BCUT2D eigenvalue weighted by molar-refractivity contribution is -0.143. The lowest BCUT2D eigenvalue weighted by atomic mass is 9.86. The van der Waals surface area contributed by atoms with Crippen molar-refractivity contribution in [2.45, 2.75) is 50.6 Å². The van der Waals surface area contributed by atoms with Gasteiger partial charge in [0.2, 0.25) is 0 Å². The molecule has 20 heavy (non-hydrogen) atoms. The van der Waals surface area contributed by atoms with Crippen LogP contribution < -0.4 is 10.6 Å². The predicted octanol–water partition coefficient (Wildman–Crippen LogP) is 0.840. The van der Waals surface area contributed by atoms with Gasteiger partial charge in [0.05, 0.1) is 5.92 Å². The van der Waals surface area contributed by atoms with Gasteiger partial charge in [0.25, 0.3) is 0 Å². The van der Waals surface area contributed by atoms with Gasteiger partial charge in [0, 0.05) is 34.4 Å². The monoisotopic (exact) mass is 302 g/mol.